The highest BCUT2D eigenvalue weighted by Gasteiger charge is 2.17. The second-order valence-electron chi connectivity index (χ2n) is 6.00. The van der Waals surface area contributed by atoms with Gasteiger partial charge in [-0.1, -0.05) is 54.6 Å². The lowest BCUT2D eigenvalue weighted by Gasteiger charge is -2.11. The molecular weight excluding hydrogens is 326 g/mol. The van der Waals surface area contributed by atoms with Gasteiger partial charge >= 0.3 is 0 Å². The molecule has 26 heavy (non-hydrogen) atoms. The normalized spacial score (nSPS) is 11.0. The molecule has 5 heteroatoms. The van der Waals surface area contributed by atoms with E-state index in [4.69, 9.17) is 0 Å². The number of nitrogens with one attached hydrogen (secondary N) is 1. The van der Waals surface area contributed by atoms with Gasteiger partial charge in [0, 0.05) is 23.0 Å². The Morgan fingerprint density at radius 1 is 0.923 bits per heavy atom. The van der Waals surface area contributed by atoms with Gasteiger partial charge < -0.3 is 5.32 Å². The number of hydrogen-bond donors (Lipinski definition) is 1. The lowest BCUT2D eigenvalue weighted by atomic mass is 10.1. The Hall–Kier alpha value is -3.47. The Morgan fingerprint density at radius 2 is 1.58 bits per heavy atom. The van der Waals surface area contributed by atoms with Gasteiger partial charge in [0.2, 0.25) is 0 Å². The number of anilines is 1. The number of carbonyl (C=O) groups excluding carboxylic acids is 1. The van der Waals surface area contributed by atoms with Crippen molar-refractivity contribution in [3.63, 3.8) is 0 Å². The van der Waals surface area contributed by atoms with Gasteiger partial charge in [-0.2, -0.15) is 5.10 Å². The summed E-state index contributed by atoms with van der Waals surface area (Å²) in [5.74, 6) is -0.334. The first-order valence-corrected chi connectivity index (χ1v) is 8.48. The van der Waals surface area contributed by atoms with Crippen LogP contribution in [0.3, 0.4) is 0 Å². The molecule has 0 bridgehead atoms. The molecule has 0 radical (unpaired) electrons. The van der Waals surface area contributed by atoms with Crippen LogP contribution in [0.2, 0.25) is 0 Å². The van der Waals surface area contributed by atoms with E-state index in [9.17, 15) is 9.59 Å². The Morgan fingerprint density at radius 3 is 2.35 bits per heavy atom. The lowest BCUT2D eigenvalue weighted by Crippen LogP contribution is -2.27. The highest BCUT2D eigenvalue weighted by atomic mass is 16.2. The third kappa shape index (κ3) is 2.63. The zero-order valence-corrected chi connectivity index (χ0v) is 14.3. The van der Waals surface area contributed by atoms with Gasteiger partial charge in [-0.3, -0.25) is 9.59 Å². The number of carbonyl (C=O) groups is 1. The van der Waals surface area contributed by atoms with Crippen LogP contribution >= 0.6 is 0 Å². The van der Waals surface area contributed by atoms with Crippen molar-refractivity contribution in [2.24, 2.45) is 0 Å². The minimum absolute atomic E-state index is 0.190. The quantitative estimate of drug-likeness (QED) is 0.615. The summed E-state index contributed by atoms with van der Waals surface area (Å²) in [7, 11) is 0. The Labute approximate surface area is 149 Å². The molecule has 0 atom stereocenters. The number of aromatic nitrogens is 2. The van der Waals surface area contributed by atoms with Crippen molar-refractivity contribution in [1.82, 2.24) is 9.78 Å². The number of rotatable bonds is 3. The molecule has 0 saturated heterocycles. The molecule has 5 nitrogen and oxygen atoms in total. The number of hydrogen-bond acceptors (Lipinski definition) is 3. The van der Waals surface area contributed by atoms with Crippen LogP contribution in [-0.2, 0) is 6.54 Å². The first kappa shape index (κ1) is 16.0. The first-order chi connectivity index (χ1) is 12.7. The van der Waals surface area contributed by atoms with Crippen LogP contribution in [0.1, 0.15) is 17.4 Å². The molecule has 1 amide bonds. The molecule has 128 valence electrons. The SMILES string of the molecule is CCn1nc(C(=O)Nc2cccc3ccccc23)c2ccccc2c1=O. The summed E-state index contributed by atoms with van der Waals surface area (Å²) in [4.78, 5) is 25.4. The van der Waals surface area contributed by atoms with Gasteiger partial charge in [-0.15, -0.1) is 0 Å². The van der Waals surface area contributed by atoms with E-state index in [-0.39, 0.29) is 17.2 Å². The van der Waals surface area contributed by atoms with E-state index < -0.39 is 0 Å². The van der Waals surface area contributed by atoms with Gasteiger partial charge in [-0.25, -0.2) is 4.68 Å². The third-order valence-corrected chi connectivity index (χ3v) is 4.42. The van der Waals surface area contributed by atoms with Crippen LogP contribution in [0, 0.1) is 0 Å². The van der Waals surface area contributed by atoms with Crippen molar-refractivity contribution < 1.29 is 4.79 Å². The Bertz CT molecular complexity index is 1190. The molecule has 4 aromatic rings. The average Bonchev–Trinajstić information content (AvgIpc) is 2.69. The van der Waals surface area contributed by atoms with Crippen molar-refractivity contribution in [3.05, 3.63) is 82.8 Å². The fraction of sp³-hybridized carbons (Fsp3) is 0.0952. The minimum atomic E-state index is -0.334. The second kappa shape index (κ2) is 6.44. The molecule has 1 N–H and O–H groups in total. The molecule has 4 rings (SSSR count). The summed E-state index contributed by atoms with van der Waals surface area (Å²) in [6.07, 6.45) is 0. The Balaban J connectivity index is 1.84. The molecule has 0 aliphatic heterocycles. The highest BCUT2D eigenvalue weighted by Crippen LogP contribution is 2.24. The number of benzene rings is 3. The van der Waals surface area contributed by atoms with Crippen LogP contribution in [0.5, 0.6) is 0 Å². The summed E-state index contributed by atoms with van der Waals surface area (Å²) in [6.45, 7) is 2.23. The van der Waals surface area contributed by atoms with E-state index in [2.05, 4.69) is 10.4 Å². The van der Waals surface area contributed by atoms with Crippen molar-refractivity contribution in [1.29, 1.82) is 0 Å². The van der Waals surface area contributed by atoms with Gasteiger partial charge in [0.25, 0.3) is 11.5 Å². The van der Waals surface area contributed by atoms with Gasteiger partial charge in [0.15, 0.2) is 5.69 Å². The summed E-state index contributed by atoms with van der Waals surface area (Å²) in [6, 6.07) is 20.7. The van der Waals surface area contributed by atoms with Crippen molar-refractivity contribution in [3.8, 4) is 0 Å². The summed E-state index contributed by atoms with van der Waals surface area (Å²) >= 11 is 0. The van der Waals surface area contributed by atoms with E-state index in [1.165, 1.54) is 4.68 Å². The second-order valence-corrected chi connectivity index (χ2v) is 6.00. The highest BCUT2D eigenvalue weighted by molar-refractivity contribution is 6.13. The largest absolute Gasteiger partial charge is 0.320 e. The molecule has 3 aromatic carbocycles. The van der Waals surface area contributed by atoms with Gasteiger partial charge in [-0.05, 0) is 24.4 Å². The third-order valence-electron chi connectivity index (χ3n) is 4.42. The minimum Gasteiger partial charge on any atom is -0.320 e. The topological polar surface area (TPSA) is 64.0 Å². The van der Waals surface area contributed by atoms with Crippen LogP contribution in [0.25, 0.3) is 21.5 Å². The predicted octanol–water partition coefficient (Wildman–Crippen LogP) is 3.82. The van der Waals surface area contributed by atoms with Crippen LogP contribution in [0.4, 0.5) is 5.69 Å². The monoisotopic (exact) mass is 343 g/mol. The maximum Gasteiger partial charge on any atom is 0.276 e. The molecule has 0 fully saturated rings. The summed E-state index contributed by atoms with van der Waals surface area (Å²) in [5, 5.41) is 10.3. The van der Waals surface area contributed by atoms with E-state index in [0.29, 0.717) is 23.0 Å². The van der Waals surface area contributed by atoms with E-state index in [1.807, 2.05) is 49.4 Å². The molecule has 0 unspecified atom stereocenters. The van der Waals surface area contributed by atoms with Crippen LogP contribution in [0.15, 0.2) is 71.5 Å². The van der Waals surface area contributed by atoms with E-state index in [0.717, 1.165) is 10.8 Å². The molecule has 0 aliphatic rings. The van der Waals surface area contributed by atoms with Crippen LogP contribution < -0.4 is 10.9 Å². The predicted molar refractivity (Wildman–Crippen MR) is 104 cm³/mol. The molecule has 1 aromatic heterocycles. The average molecular weight is 343 g/mol. The molecule has 0 spiro atoms. The maximum absolute atomic E-state index is 13.0. The fourth-order valence-electron chi connectivity index (χ4n) is 3.13. The van der Waals surface area contributed by atoms with Gasteiger partial charge in [0.05, 0.1) is 5.39 Å². The molecule has 0 saturated carbocycles. The van der Waals surface area contributed by atoms with Crippen molar-refractivity contribution in [2.75, 3.05) is 5.32 Å². The number of amides is 1. The number of aryl methyl sites for hydroxylation is 1. The molecular formula is C21H17N3O2. The lowest BCUT2D eigenvalue weighted by molar-refractivity contribution is 0.102. The smallest absolute Gasteiger partial charge is 0.276 e. The fourth-order valence-corrected chi connectivity index (χ4v) is 3.13. The molecule has 0 aliphatic carbocycles. The summed E-state index contributed by atoms with van der Waals surface area (Å²) < 4.78 is 1.32. The number of nitrogens with zero attached hydrogens (tertiary/aromatic N) is 2. The Kier molecular flexibility index (Phi) is 3.97. The standard InChI is InChI=1S/C21H17N3O2/c1-2-24-21(26)17-12-6-5-11-16(17)19(23-24)20(25)22-18-13-7-9-14-8-3-4-10-15(14)18/h3-13H,2H2,1H3,(H,22,25). The zero-order chi connectivity index (χ0) is 18.1. The molecule has 1 heterocycles. The van der Waals surface area contributed by atoms with Gasteiger partial charge in [0.1, 0.15) is 0 Å². The van der Waals surface area contributed by atoms with E-state index >= 15 is 0 Å². The van der Waals surface area contributed by atoms with E-state index in [1.54, 1.807) is 24.3 Å². The zero-order valence-electron chi connectivity index (χ0n) is 14.3. The van der Waals surface area contributed by atoms with Crippen molar-refractivity contribution >= 4 is 33.1 Å². The maximum atomic E-state index is 13.0. The number of fused-ring (bicyclic) bond motifs is 2. The van der Waals surface area contributed by atoms with Crippen LogP contribution in [-0.4, -0.2) is 15.7 Å². The summed E-state index contributed by atoms with van der Waals surface area (Å²) in [5.41, 5.74) is 0.771. The first-order valence-electron chi connectivity index (χ1n) is 8.48. The van der Waals surface area contributed by atoms with Crippen molar-refractivity contribution in [2.45, 2.75) is 13.5 Å².